The molecule has 0 amide bonds. The molecule has 1 saturated carbocycles. The molecule has 1 aromatic rings. The van der Waals surface area contributed by atoms with E-state index in [4.69, 9.17) is 27.9 Å². The molecule has 92 valence electrons. The molecular formula is C11H8BrCl2FO2. The second-order valence-electron chi connectivity index (χ2n) is 4.18. The summed E-state index contributed by atoms with van der Waals surface area (Å²) in [4.78, 5) is 11.8. The molecule has 6 heteroatoms. The third-order valence-electron chi connectivity index (χ3n) is 2.80. The minimum Gasteiger partial charge on any atom is -0.423 e. The van der Waals surface area contributed by atoms with E-state index in [9.17, 15) is 9.18 Å². The van der Waals surface area contributed by atoms with Gasteiger partial charge in [0, 0.05) is 10.9 Å². The van der Waals surface area contributed by atoms with Crippen LogP contribution in [0.4, 0.5) is 4.39 Å². The summed E-state index contributed by atoms with van der Waals surface area (Å²) in [5.74, 6) is -1.37. The number of halogens is 4. The van der Waals surface area contributed by atoms with Crippen molar-refractivity contribution in [3.63, 3.8) is 0 Å². The van der Waals surface area contributed by atoms with Crippen LogP contribution in [0.2, 0.25) is 0 Å². The van der Waals surface area contributed by atoms with Crippen molar-refractivity contribution in [1.29, 1.82) is 0 Å². The van der Waals surface area contributed by atoms with Gasteiger partial charge < -0.3 is 4.74 Å². The molecular weight excluding hydrogens is 334 g/mol. The summed E-state index contributed by atoms with van der Waals surface area (Å²) in [6.45, 7) is 1.59. The van der Waals surface area contributed by atoms with E-state index in [0.717, 1.165) is 0 Å². The van der Waals surface area contributed by atoms with Crippen LogP contribution in [0.5, 0.6) is 5.75 Å². The highest BCUT2D eigenvalue weighted by molar-refractivity contribution is 9.10. The van der Waals surface area contributed by atoms with Crippen LogP contribution in [0, 0.1) is 11.2 Å². The predicted octanol–water partition coefficient (Wildman–Crippen LogP) is 4.08. The third kappa shape index (κ3) is 2.30. The van der Waals surface area contributed by atoms with Gasteiger partial charge in [-0.25, -0.2) is 4.39 Å². The molecule has 0 spiro atoms. The SMILES string of the molecule is CC1(C(=O)Oc2ccc(Br)cc2F)CC1(Cl)Cl. The molecule has 1 aromatic carbocycles. The van der Waals surface area contributed by atoms with Gasteiger partial charge in [-0.2, -0.15) is 0 Å². The number of hydrogen-bond donors (Lipinski definition) is 0. The summed E-state index contributed by atoms with van der Waals surface area (Å²) in [7, 11) is 0. The van der Waals surface area contributed by atoms with Crippen molar-refractivity contribution in [1.82, 2.24) is 0 Å². The Morgan fingerprint density at radius 1 is 1.53 bits per heavy atom. The maximum absolute atomic E-state index is 13.4. The van der Waals surface area contributed by atoms with Crippen LogP contribution in [0.15, 0.2) is 22.7 Å². The maximum Gasteiger partial charge on any atom is 0.320 e. The average Bonchev–Trinajstić information content (AvgIpc) is 2.72. The van der Waals surface area contributed by atoms with Crippen molar-refractivity contribution in [3.8, 4) is 5.75 Å². The number of hydrogen-bond acceptors (Lipinski definition) is 2. The minimum atomic E-state index is -1.12. The number of alkyl halides is 2. The second-order valence-corrected chi connectivity index (χ2v) is 6.58. The van der Waals surface area contributed by atoms with E-state index >= 15 is 0 Å². The molecule has 0 N–H and O–H groups in total. The van der Waals surface area contributed by atoms with E-state index in [1.54, 1.807) is 13.0 Å². The molecule has 0 radical (unpaired) electrons. The van der Waals surface area contributed by atoms with E-state index < -0.39 is 21.5 Å². The summed E-state index contributed by atoms with van der Waals surface area (Å²) in [5.41, 5.74) is -0.963. The summed E-state index contributed by atoms with van der Waals surface area (Å²) in [6, 6.07) is 4.16. The highest BCUT2D eigenvalue weighted by atomic mass is 79.9. The average molecular weight is 342 g/mol. The molecule has 0 heterocycles. The first-order chi connectivity index (χ1) is 7.76. The predicted molar refractivity (Wildman–Crippen MR) is 66.9 cm³/mol. The van der Waals surface area contributed by atoms with Crippen LogP contribution in [-0.4, -0.2) is 10.3 Å². The summed E-state index contributed by atoms with van der Waals surface area (Å²) < 4.78 is 17.8. The molecule has 2 rings (SSSR count). The largest absolute Gasteiger partial charge is 0.423 e. The topological polar surface area (TPSA) is 26.3 Å². The molecule has 1 fully saturated rings. The van der Waals surface area contributed by atoms with Gasteiger partial charge in [0.15, 0.2) is 11.6 Å². The normalized spacial score (nSPS) is 25.5. The number of ether oxygens (including phenoxy) is 1. The molecule has 1 aliphatic rings. The van der Waals surface area contributed by atoms with Crippen molar-refractivity contribution in [2.45, 2.75) is 17.7 Å². The molecule has 2 nitrogen and oxygen atoms in total. The Morgan fingerprint density at radius 2 is 2.12 bits per heavy atom. The minimum absolute atomic E-state index is 0.129. The highest BCUT2D eigenvalue weighted by Gasteiger charge is 2.69. The van der Waals surface area contributed by atoms with Gasteiger partial charge in [0.25, 0.3) is 0 Å². The molecule has 17 heavy (non-hydrogen) atoms. The lowest BCUT2D eigenvalue weighted by atomic mass is 10.1. The smallest absolute Gasteiger partial charge is 0.320 e. The highest BCUT2D eigenvalue weighted by Crippen LogP contribution is 2.64. The van der Waals surface area contributed by atoms with E-state index in [0.29, 0.717) is 10.9 Å². The Labute approximate surface area is 116 Å². The molecule has 0 saturated heterocycles. The van der Waals surface area contributed by atoms with Gasteiger partial charge in [-0.15, -0.1) is 23.2 Å². The lowest BCUT2D eigenvalue weighted by Gasteiger charge is -2.11. The fraction of sp³-hybridized carbons (Fsp3) is 0.364. The monoisotopic (exact) mass is 340 g/mol. The Hall–Kier alpha value is -0.320. The number of benzene rings is 1. The summed E-state index contributed by atoms with van der Waals surface area (Å²) in [5, 5.41) is 0. The van der Waals surface area contributed by atoms with Gasteiger partial charge in [-0.05, 0) is 25.1 Å². The first-order valence-electron chi connectivity index (χ1n) is 4.81. The second kappa shape index (κ2) is 4.11. The van der Waals surface area contributed by atoms with E-state index in [2.05, 4.69) is 15.9 Å². The van der Waals surface area contributed by atoms with E-state index in [1.807, 2.05) is 0 Å². The molecule has 1 atom stereocenters. The lowest BCUT2D eigenvalue weighted by Crippen LogP contribution is -2.24. The Balaban J connectivity index is 2.15. The third-order valence-corrected chi connectivity index (χ3v) is 4.40. The summed E-state index contributed by atoms with van der Waals surface area (Å²) in [6.07, 6.45) is 0.306. The zero-order chi connectivity index (χ0) is 12.8. The molecule has 1 unspecified atom stereocenters. The van der Waals surface area contributed by atoms with Crippen molar-refractivity contribution < 1.29 is 13.9 Å². The van der Waals surface area contributed by atoms with Gasteiger partial charge in [0.2, 0.25) is 0 Å². The zero-order valence-electron chi connectivity index (χ0n) is 8.77. The standard InChI is InChI=1S/C11H8BrCl2FO2/c1-10(5-11(10,13)14)9(16)17-8-3-2-6(12)4-7(8)15/h2-4H,5H2,1H3. The molecule has 0 aromatic heterocycles. The van der Waals surface area contributed by atoms with Gasteiger partial charge in [-0.1, -0.05) is 15.9 Å². The Bertz CT molecular complexity index is 492. The van der Waals surface area contributed by atoms with Gasteiger partial charge in [-0.3, -0.25) is 4.79 Å². The lowest BCUT2D eigenvalue weighted by molar-refractivity contribution is -0.140. The van der Waals surface area contributed by atoms with Crippen LogP contribution in [0.25, 0.3) is 0 Å². The first kappa shape index (κ1) is 13.1. The number of rotatable bonds is 2. The number of carbonyl (C=O) groups is 1. The number of esters is 1. The van der Waals surface area contributed by atoms with Crippen molar-refractivity contribution in [3.05, 3.63) is 28.5 Å². The Kier molecular flexibility index (Phi) is 3.17. The zero-order valence-corrected chi connectivity index (χ0v) is 11.9. The van der Waals surface area contributed by atoms with Crippen LogP contribution in [0.1, 0.15) is 13.3 Å². The molecule has 0 bridgehead atoms. The molecule has 1 aliphatic carbocycles. The van der Waals surface area contributed by atoms with E-state index in [1.165, 1.54) is 12.1 Å². The fourth-order valence-corrected chi connectivity index (χ4v) is 2.41. The van der Waals surface area contributed by atoms with Gasteiger partial charge in [0.05, 0.1) is 0 Å². The number of carbonyl (C=O) groups excluding carboxylic acids is 1. The van der Waals surface area contributed by atoms with E-state index in [-0.39, 0.29) is 5.75 Å². The van der Waals surface area contributed by atoms with Gasteiger partial charge in [0.1, 0.15) is 9.75 Å². The summed E-state index contributed by atoms with van der Waals surface area (Å²) >= 11 is 14.8. The van der Waals surface area contributed by atoms with Crippen molar-refractivity contribution in [2.75, 3.05) is 0 Å². The van der Waals surface area contributed by atoms with Crippen LogP contribution < -0.4 is 4.74 Å². The van der Waals surface area contributed by atoms with Crippen LogP contribution in [0.3, 0.4) is 0 Å². The van der Waals surface area contributed by atoms with Crippen LogP contribution >= 0.6 is 39.1 Å². The Morgan fingerprint density at radius 3 is 2.59 bits per heavy atom. The van der Waals surface area contributed by atoms with Gasteiger partial charge >= 0.3 is 5.97 Å². The van der Waals surface area contributed by atoms with Crippen molar-refractivity contribution >= 4 is 45.1 Å². The van der Waals surface area contributed by atoms with Crippen molar-refractivity contribution in [2.24, 2.45) is 5.41 Å². The molecule has 0 aliphatic heterocycles. The maximum atomic E-state index is 13.4. The first-order valence-corrected chi connectivity index (χ1v) is 6.36. The van der Waals surface area contributed by atoms with Crippen LogP contribution in [-0.2, 0) is 4.79 Å². The fourth-order valence-electron chi connectivity index (χ4n) is 1.39. The quantitative estimate of drug-likeness (QED) is 0.460.